The Bertz CT molecular complexity index is 381. The monoisotopic (exact) mass is 248 g/mol. The number of nitrogens with zero attached hydrogens (tertiary/aromatic N) is 1. The highest BCUT2D eigenvalue weighted by molar-refractivity contribution is 5.91. The minimum absolute atomic E-state index is 0.100. The molecule has 1 unspecified atom stereocenters. The molecule has 1 amide bonds. The van der Waals surface area contributed by atoms with Crippen LogP contribution in [-0.2, 0) is 4.79 Å². The minimum atomic E-state index is 0.100. The van der Waals surface area contributed by atoms with E-state index in [-0.39, 0.29) is 11.8 Å². The Hall–Kier alpha value is -1.38. The second-order valence-electron chi connectivity index (χ2n) is 4.91. The van der Waals surface area contributed by atoms with Gasteiger partial charge in [-0.3, -0.25) is 4.79 Å². The normalized spacial score (nSPS) is 12.2. The molecule has 1 heterocycles. The molecule has 1 aromatic rings. The second kappa shape index (κ2) is 7.14. The van der Waals surface area contributed by atoms with Gasteiger partial charge in [-0.05, 0) is 44.4 Å². The number of nitrogens with one attached hydrogen (secondary N) is 1. The summed E-state index contributed by atoms with van der Waals surface area (Å²) in [7, 11) is 0. The molecule has 1 atom stereocenters. The molecule has 0 fully saturated rings. The number of carbonyl (C=O) groups excluding carboxylic acids is 1. The SMILES string of the molecule is CCCCC(CC)C(=O)Nc1cc(C)cc(C)n1. The van der Waals surface area contributed by atoms with Crippen molar-refractivity contribution < 1.29 is 4.79 Å². The van der Waals surface area contributed by atoms with E-state index in [0.29, 0.717) is 5.82 Å². The lowest BCUT2D eigenvalue weighted by atomic mass is 9.98. The Kier molecular flexibility index (Phi) is 5.83. The van der Waals surface area contributed by atoms with E-state index in [2.05, 4.69) is 24.1 Å². The van der Waals surface area contributed by atoms with Gasteiger partial charge in [-0.15, -0.1) is 0 Å². The third-order valence-corrected chi connectivity index (χ3v) is 3.12. The number of amides is 1. The zero-order valence-electron chi connectivity index (χ0n) is 11.9. The molecule has 0 saturated heterocycles. The van der Waals surface area contributed by atoms with Crippen molar-refractivity contribution in [2.75, 3.05) is 5.32 Å². The van der Waals surface area contributed by atoms with Gasteiger partial charge in [-0.2, -0.15) is 0 Å². The topological polar surface area (TPSA) is 42.0 Å². The van der Waals surface area contributed by atoms with Gasteiger partial charge < -0.3 is 5.32 Å². The minimum Gasteiger partial charge on any atom is -0.310 e. The highest BCUT2D eigenvalue weighted by atomic mass is 16.1. The largest absolute Gasteiger partial charge is 0.310 e. The zero-order valence-corrected chi connectivity index (χ0v) is 11.9. The molecule has 0 bridgehead atoms. The van der Waals surface area contributed by atoms with Crippen LogP contribution in [0.3, 0.4) is 0 Å². The van der Waals surface area contributed by atoms with Gasteiger partial charge in [0.25, 0.3) is 0 Å². The maximum atomic E-state index is 12.1. The lowest BCUT2D eigenvalue weighted by Crippen LogP contribution is -2.23. The van der Waals surface area contributed by atoms with Crippen molar-refractivity contribution in [3.8, 4) is 0 Å². The van der Waals surface area contributed by atoms with Gasteiger partial charge in [-0.25, -0.2) is 4.98 Å². The van der Waals surface area contributed by atoms with E-state index < -0.39 is 0 Å². The van der Waals surface area contributed by atoms with Crippen molar-refractivity contribution in [3.05, 3.63) is 23.4 Å². The van der Waals surface area contributed by atoms with Crippen LogP contribution < -0.4 is 5.32 Å². The number of aromatic nitrogens is 1. The van der Waals surface area contributed by atoms with Crippen LogP contribution >= 0.6 is 0 Å². The Morgan fingerprint density at radius 3 is 2.61 bits per heavy atom. The van der Waals surface area contributed by atoms with Crippen molar-refractivity contribution in [1.82, 2.24) is 4.98 Å². The first-order valence-corrected chi connectivity index (χ1v) is 6.83. The second-order valence-corrected chi connectivity index (χ2v) is 4.91. The van der Waals surface area contributed by atoms with Gasteiger partial charge in [0.1, 0.15) is 5.82 Å². The van der Waals surface area contributed by atoms with Crippen LogP contribution in [0.1, 0.15) is 50.8 Å². The maximum absolute atomic E-state index is 12.1. The molecule has 0 aliphatic heterocycles. The van der Waals surface area contributed by atoms with E-state index in [1.54, 1.807) is 0 Å². The van der Waals surface area contributed by atoms with Crippen molar-refractivity contribution in [2.45, 2.75) is 53.4 Å². The van der Waals surface area contributed by atoms with Crippen LogP contribution in [0.4, 0.5) is 5.82 Å². The fraction of sp³-hybridized carbons (Fsp3) is 0.600. The highest BCUT2D eigenvalue weighted by Gasteiger charge is 2.16. The Balaban J connectivity index is 2.67. The molecule has 100 valence electrons. The molecule has 0 aromatic carbocycles. The molecular formula is C15H24N2O. The number of pyridine rings is 1. The maximum Gasteiger partial charge on any atom is 0.228 e. The number of hydrogen-bond donors (Lipinski definition) is 1. The van der Waals surface area contributed by atoms with Crippen LogP contribution in [0.15, 0.2) is 12.1 Å². The third-order valence-electron chi connectivity index (χ3n) is 3.12. The summed E-state index contributed by atoms with van der Waals surface area (Å²) < 4.78 is 0. The molecule has 1 N–H and O–H groups in total. The number of rotatable bonds is 6. The number of anilines is 1. The summed E-state index contributed by atoms with van der Waals surface area (Å²) in [6.07, 6.45) is 4.08. The van der Waals surface area contributed by atoms with E-state index in [0.717, 1.165) is 36.9 Å². The number of hydrogen-bond acceptors (Lipinski definition) is 2. The van der Waals surface area contributed by atoms with Crippen molar-refractivity contribution >= 4 is 11.7 Å². The van der Waals surface area contributed by atoms with Crippen LogP contribution in [-0.4, -0.2) is 10.9 Å². The summed E-state index contributed by atoms with van der Waals surface area (Å²) >= 11 is 0. The van der Waals surface area contributed by atoms with E-state index in [1.165, 1.54) is 0 Å². The number of carbonyl (C=O) groups is 1. The fourth-order valence-corrected chi connectivity index (χ4v) is 2.10. The van der Waals surface area contributed by atoms with Crippen molar-refractivity contribution in [2.24, 2.45) is 5.92 Å². The van der Waals surface area contributed by atoms with E-state index in [4.69, 9.17) is 0 Å². The van der Waals surface area contributed by atoms with Crippen LogP contribution in [0.25, 0.3) is 0 Å². The lowest BCUT2D eigenvalue weighted by Gasteiger charge is -2.14. The molecule has 0 radical (unpaired) electrons. The smallest absolute Gasteiger partial charge is 0.228 e. The van der Waals surface area contributed by atoms with Crippen molar-refractivity contribution in [1.29, 1.82) is 0 Å². The predicted molar refractivity (Wildman–Crippen MR) is 75.6 cm³/mol. The predicted octanol–water partition coefficient (Wildman–Crippen LogP) is 3.85. The Labute approximate surface area is 110 Å². The summed E-state index contributed by atoms with van der Waals surface area (Å²) in [5, 5.41) is 2.93. The molecule has 0 aliphatic carbocycles. The van der Waals surface area contributed by atoms with Gasteiger partial charge in [0.15, 0.2) is 0 Å². The summed E-state index contributed by atoms with van der Waals surface area (Å²) in [6, 6.07) is 3.92. The van der Waals surface area contributed by atoms with Crippen LogP contribution in [0.2, 0.25) is 0 Å². The molecule has 0 saturated carbocycles. The average molecular weight is 248 g/mol. The first kappa shape index (κ1) is 14.7. The van der Waals surface area contributed by atoms with Crippen LogP contribution in [0, 0.1) is 19.8 Å². The molecule has 0 spiro atoms. The Morgan fingerprint density at radius 1 is 1.33 bits per heavy atom. The summed E-state index contributed by atoms with van der Waals surface area (Å²) in [5.74, 6) is 0.878. The summed E-state index contributed by atoms with van der Waals surface area (Å²) in [4.78, 5) is 16.5. The van der Waals surface area contributed by atoms with Gasteiger partial charge in [-0.1, -0.05) is 26.7 Å². The van der Waals surface area contributed by atoms with Gasteiger partial charge in [0, 0.05) is 11.6 Å². The van der Waals surface area contributed by atoms with Crippen molar-refractivity contribution in [3.63, 3.8) is 0 Å². The molecule has 1 aromatic heterocycles. The first-order chi connectivity index (χ1) is 8.56. The van der Waals surface area contributed by atoms with Gasteiger partial charge in [0.2, 0.25) is 5.91 Å². The molecule has 0 aliphatic rings. The molecule has 3 nitrogen and oxygen atoms in total. The highest BCUT2D eigenvalue weighted by Crippen LogP contribution is 2.16. The quantitative estimate of drug-likeness (QED) is 0.830. The van der Waals surface area contributed by atoms with Gasteiger partial charge >= 0.3 is 0 Å². The number of aryl methyl sites for hydroxylation is 2. The van der Waals surface area contributed by atoms with E-state index >= 15 is 0 Å². The summed E-state index contributed by atoms with van der Waals surface area (Å²) in [6.45, 7) is 8.17. The Morgan fingerprint density at radius 2 is 2.06 bits per heavy atom. The molecule has 1 rings (SSSR count). The van der Waals surface area contributed by atoms with Gasteiger partial charge in [0.05, 0.1) is 0 Å². The average Bonchev–Trinajstić information content (AvgIpc) is 2.28. The molecule has 18 heavy (non-hydrogen) atoms. The van der Waals surface area contributed by atoms with E-state index in [9.17, 15) is 4.79 Å². The lowest BCUT2D eigenvalue weighted by molar-refractivity contribution is -0.120. The fourth-order valence-electron chi connectivity index (χ4n) is 2.10. The van der Waals surface area contributed by atoms with E-state index in [1.807, 2.05) is 26.0 Å². The first-order valence-electron chi connectivity index (χ1n) is 6.83. The van der Waals surface area contributed by atoms with Crippen LogP contribution in [0.5, 0.6) is 0 Å². The molecular weight excluding hydrogens is 224 g/mol. The standard InChI is InChI=1S/C15H24N2O/c1-5-7-8-13(6-2)15(18)17-14-10-11(3)9-12(4)16-14/h9-10,13H,5-8H2,1-4H3,(H,16,17,18). The third kappa shape index (κ3) is 4.47. The summed E-state index contributed by atoms with van der Waals surface area (Å²) in [5.41, 5.74) is 2.06. The number of unbranched alkanes of at least 4 members (excludes halogenated alkanes) is 1. The molecule has 3 heteroatoms. The zero-order chi connectivity index (χ0) is 13.5.